The highest BCUT2D eigenvalue weighted by Crippen LogP contribution is 2.53. The number of anilines is 1. The zero-order valence-corrected chi connectivity index (χ0v) is 20.0. The third-order valence-corrected chi connectivity index (χ3v) is 8.13. The first kappa shape index (κ1) is 22.2. The molecule has 4 aliphatic rings. The monoisotopic (exact) mass is 491 g/mol. The summed E-state index contributed by atoms with van der Waals surface area (Å²) in [5.74, 6) is 0.938. The molecule has 3 N–H and O–H groups in total. The second-order valence-electron chi connectivity index (χ2n) is 9.92. The number of hydrogen-bond donors (Lipinski definition) is 3. The van der Waals surface area contributed by atoms with Gasteiger partial charge in [0.25, 0.3) is 5.91 Å². The van der Waals surface area contributed by atoms with Crippen LogP contribution in [0.4, 0.5) is 5.82 Å². The number of carbonyl (C=O) groups is 1. The molecule has 0 radical (unpaired) electrons. The summed E-state index contributed by atoms with van der Waals surface area (Å²) in [4.78, 5) is 35.3. The zero-order chi connectivity index (χ0) is 24.0. The molecule has 3 aromatic heterocycles. The Kier molecular flexibility index (Phi) is 5.38. The molecule has 180 valence electrons. The summed E-state index contributed by atoms with van der Waals surface area (Å²) in [5, 5.41) is 7.09. The van der Waals surface area contributed by atoms with Gasteiger partial charge in [-0.05, 0) is 62.1 Å². The summed E-state index contributed by atoms with van der Waals surface area (Å²) in [6.07, 6.45) is 12.6. The van der Waals surface area contributed by atoms with Gasteiger partial charge in [0.2, 0.25) is 5.56 Å². The molecule has 0 spiro atoms. The van der Waals surface area contributed by atoms with Crippen molar-refractivity contribution in [3.05, 3.63) is 63.2 Å². The number of carbonyl (C=O) groups excluding carboxylic acids is 1. The molecule has 3 fully saturated rings. The van der Waals surface area contributed by atoms with Crippen LogP contribution in [-0.2, 0) is 11.3 Å². The van der Waals surface area contributed by atoms with Crippen LogP contribution >= 0.6 is 11.6 Å². The van der Waals surface area contributed by atoms with E-state index >= 15 is 0 Å². The molecule has 3 saturated carbocycles. The van der Waals surface area contributed by atoms with E-state index in [1.54, 1.807) is 12.3 Å². The van der Waals surface area contributed by atoms with Gasteiger partial charge in [0, 0.05) is 29.9 Å². The minimum Gasteiger partial charge on any atom is -0.480 e. The van der Waals surface area contributed by atoms with Crippen molar-refractivity contribution in [3.63, 3.8) is 0 Å². The second kappa shape index (κ2) is 8.46. The van der Waals surface area contributed by atoms with Gasteiger partial charge in [-0.15, -0.1) is 0 Å². The molecule has 2 bridgehead atoms. The predicted octanol–water partition coefficient (Wildman–Crippen LogP) is 4.20. The predicted molar refractivity (Wildman–Crippen MR) is 134 cm³/mol. The highest BCUT2D eigenvalue weighted by atomic mass is 35.5. The first-order valence-electron chi connectivity index (χ1n) is 12.0. The largest absolute Gasteiger partial charge is 0.480 e. The smallest absolute Gasteiger partial charge is 0.263 e. The van der Waals surface area contributed by atoms with Crippen molar-refractivity contribution in [2.45, 2.75) is 50.6 Å². The lowest BCUT2D eigenvalue weighted by Gasteiger charge is -2.53. The lowest BCUT2D eigenvalue weighted by molar-refractivity contribution is -0.118. The lowest BCUT2D eigenvalue weighted by Crippen LogP contribution is -2.54. The van der Waals surface area contributed by atoms with Crippen LogP contribution in [0.3, 0.4) is 0 Å². The maximum absolute atomic E-state index is 11.9. The number of fused-ring (bicyclic) bond motifs is 5. The van der Waals surface area contributed by atoms with Crippen LogP contribution < -0.4 is 20.9 Å². The zero-order valence-electron chi connectivity index (χ0n) is 19.2. The molecule has 4 heterocycles. The maximum Gasteiger partial charge on any atom is 0.263 e. The van der Waals surface area contributed by atoms with E-state index in [-0.39, 0.29) is 29.0 Å². The van der Waals surface area contributed by atoms with Crippen LogP contribution in [-0.4, -0.2) is 33.0 Å². The van der Waals surface area contributed by atoms with E-state index in [9.17, 15) is 9.59 Å². The van der Waals surface area contributed by atoms with Gasteiger partial charge in [-0.3, -0.25) is 14.6 Å². The fourth-order valence-electron chi connectivity index (χ4n) is 5.63. The van der Waals surface area contributed by atoms with Crippen molar-refractivity contribution >= 4 is 40.4 Å². The molecule has 9 heteroatoms. The van der Waals surface area contributed by atoms with Gasteiger partial charge in [0.15, 0.2) is 18.2 Å². The minimum absolute atomic E-state index is 0.0348. The highest BCUT2D eigenvalue weighted by molar-refractivity contribution is 6.32. The number of amides is 1. The third kappa shape index (κ3) is 4.21. The number of H-pyrrole nitrogens is 1. The summed E-state index contributed by atoms with van der Waals surface area (Å²) in [5.41, 5.74) is 3.20. The summed E-state index contributed by atoms with van der Waals surface area (Å²) >= 11 is 6.46. The Hall–Kier alpha value is -3.23. The van der Waals surface area contributed by atoms with E-state index in [0.29, 0.717) is 28.7 Å². The van der Waals surface area contributed by atoms with Crippen LogP contribution in [0.5, 0.6) is 5.75 Å². The fraction of sp³-hybridized carbons (Fsp3) is 0.385. The molecule has 3 aliphatic carbocycles. The SMILES string of the molecule is O=C1COc2ccc(CNC34CCC(C=Cc5c(Cl)cnc6ccc(=O)[nH]c56)(CC3)CC4)nc2N1. The number of aromatic amines is 1. The van der Waals surface area contributed by atoms with E-state index in [4.69, 9.17) is 16.3 Å². The molecule has 0 aromatic carbocycles. The molecule has 0 saturated heterocycles. The first-order chi connectivity index (χ1) is 16.9. The highest BCUT2D eigenvalue weighted by Gasteiger charge is 2.47. The Balaban J connectivity index is 1.15. The molecular weight excluding hydrogens is 466 g/mol. The molecule has 35 heavy (non-hydrogen) atoms. The number of pyridine rings is 3. The van der Waals surface area contributed by atoms with Gasteiger partial charge < -0.3 is 20.4 Å². The molecule has 0 unspecified atom stereocenters. The number of halogens is 1. The Morgan fingerprint density at radius 2 is 1.89 bits per heavy atom. The number of aromatic nitrogens is 3. The molecular formula is C26H26ClN5O3. The van der Waals surface area contributed by atoms with Crippen LogP contribution in [0.1, 0.15) is 49.8 Å². The molecule has 3 aromatic rings. The molecule has 7 rings (SSSR count). The summed E-state index contributed by atoms with van der Waals surface area (Å²) in [6, 6.07) is 7.02. The van der Waals surface area contributed by atoms with Crippen molar-refractivity contribution in [2.24, 2.45) is 5.41 Å². The Morgan fingerprint density at radius 1 is 1.09 bits per heavy atom. The average Bonchev–Trinajstić information content (AvgIpc) is 2.88. The van der Waals surface area contributed by atoms with Crippen molar-refractivity contribution in [3.8, 4) is 5.75 Å². The van der Waals surface area contributed by atoms with Gasteiger partial charge in [0.05, 0.1) is 21.7 Å². The molecule has 0 atom stereocenters. The van der Waals surface area contributed by atoms with E-state index in [1.165, 1.54) is 6.07 Å². The van der Waals surface area contributed by atoms with E-state index in [1.807, 2.05) is 12.1 Å². The van der Waals surface area contributed by atoms with Crippen molar-refractivity contribution in [2.75, 3.05) is 11.9 Å². The summed E-state index contributed by atoms with van der Waals surface area (Å²) in [6.45, 7) is 0.686. The average molecular weight is 492 g/mol. The third-order valence-electron chi connectivity index (χ3n) is 7.83. The molecule has 1 amide bonds. The van der Waals surface area contributed by atoms with Crippen molar-refractivity contribution in [1.82, 2.24) is 20.3 Å². The summed E-state index contributed by atoms with van der Waals surface area (Å²) in [7, 11) is 0. The number of hydrogen-bond acceptors (Lipinski definition) is 6. The Labute approximate surface area is 207 Å². The van der Waals surface area contributed by atoms with E-state index < -0.39 is 0 Å². The van der Waals surface area contributed by atoms with Crippen LogP contribution in [0.25, 0.3) is 17.1 Å². The number of ether oxygens (including phenoxy) is 1. The van der Waals surface area contributed by atoms with Crippen LogP contribution in [0.15, 0.2) is 41.3 Å². The summed E-state index contributed by atoms with van der Waals surface area (Å²) < 4.78 is 5.40. The number of rotatable bonds is 5. The van der Waals surface area contributed by atoms with Gasteiger partial charge in [-0.25, -0.2) is 4.98 Å². The van der Waals surface area contributed by atoms with Crippen LogP contribution in [0, 0.1) is 5.41 Å². The number of nitrogens with one attached hydrogen (secondary N) is 3. The van der Waals surface area contributed by atoms with Crippen molar-refractivity contribution < 1.29 is 9.53 Å². The quantitative estimate of drug-likeness (QED) is 0.493. The first-order valence-corrected chi connectivity index (χ1v) is 12.3. The Morgan fingerprint density at radius 3 is 2.69 bits per heavy atom. The number of allylic oxidation sites excluding steroid dienone is 1. The van der Waals surface area contributed by atoms with Gasteiger partial charge in [-0.1, -0.05) is 23.8 Å². The lowest BCUT2D eigenvalue weighted by atomic mass is 9.57. The van der Waals surface area contributed by atoms with Gasteiger partial charge in [-0.2, -0.15) is 0 Å². The normalized spacial score (nSPS) is 25.5. The second-order valence-corrected chi connectivity index (χ2v) is 10.3. The van der Waals surface area contributed by atoms with Crippen LogP contribution in [0.2, 0.25) is 5.02 Å². The van der Waals surface area contributed by atoms with Gasteiger partial charge in [0.1, 0.15) is 0 Å². The van der Waals surface area contributed by atoms with E-state index in [2.05, 4.69) is 37.7 Å². The van der Waals surface area contributed by atoms with Gasteiger partial charge >= 0.3 is 0 Å². The van der Waals surface area contributed by atoms with E-state index in [0.717, 1.165) is 55.3 Å². The number of nitrogens with zero attached hydrogens (tertiary/aromatic N) is 2. The topological polar surface area (TPSA) is 109 Å². The standard InChI is InChI=1S/C26H26ClN5O3/c27-18-14-28-19-2-4-21(33)31-23(19)17(18)5-6-25-7-10-26(11-8-25,12-9-25)29-13-16-1-3-20-24(30-16)32-22(34)15-35-20/h1-6,14,29H,7-13,15H2,(H,31,33)(H,30,32,34). The fourth-order valence-corrected chi connectivity index (χ4v) is 5.83. The maximum atomic E-state index is 11.9. The minimum atomic E-state index is -0.176. The van der Waals surface area contributed by atoms with Crippen molar-refractivity contribution in [1.29, 1.82) is 0 Å². The Bertz CT molecular complexity index is 1390. The molecule has 1 aliphatic heterocycles. The molecule has 8 nitrogen and oxygen atoms in total.